The molecule has 0 fully saturated rings. The lowest BCUT2D eigenvalue weighted by molar-refractivity contribution is -0.132. The predicted molar refractivity (Wildman–Crippen MR) is 168 cm³/mol. The highest BCUT2D eigenvalue weighted by molar-refractivity contribution is 5.80. The zero-order valence-corrected chi connectivity index (χ0v) is 26.1. The Bertz CT molecular complexity index is 609. The quantitative estimate of drug-likeness (QED) is 0.0482. The summed E-state index contributed by atoms with van der Waals surface area (Å²) in [4.78, 5) is 12.4. The van der Waals surface area contributed by atoms with E-state index in [9.17, 15) is 25.2 Å². The number of unbranched alkanes of at least 4 members (excludes halogenated alkanes) is 16. The third kappa shape index (κ3) is 23.5. The largest absolute Gasteiger partial charge is 0.394 e. The van der Waals surface area contributed by atoms with Crippen molar-refractivity contribution in [3.8, 4) is 0 Å². The smallest absolute Gasteiger partial charge is 0.249 e. The molecule has 1 amide bonds. The fourth-order valence-electron chi connectivity index (χ4n) is 4.90. The van der Waals surface area contributed by atoms with E-state index in [1.54, 1.807) is 0 Å². The second-order valence-corrected chi connectivity index (χ2v) is 11.5. The van der Waals surface area contributed by atoms with E-state index in [4.69, 9.17) is 0 Å². The predicted octanol–water partition coefficient (Wildman–Crippen LogP) is 7.28. The number of allylic oxidation sites excluding steroid dienone is 4. The number of rotatable bonds is 29. The van der Waals surface area contributed by atoms with Crippen LogP contribution in [0.25, 0.3) is 0 Å². The highest BCUT2D eigenvalue weighted by atomic mass is 16.3. The minimum atomic E-state index is -1.28. The molecule has 4 unspecified atom stereocenters. The molecule has 0 aromatic heterocycles. The van der Waals surface area contributed by atoms with Gasteiger partial charge in [-0.1, -0.05) is 134 Å². The minimum Gasteiger partial charge on any atom is -0.394 e. The van der Waals surface area contributed by atoms with Crippen LogP contribution in [0.5, 0.6) is 0 Å². The zero-order chi connectivity index (χ0) is 29.7. The van der Waals surface area contributed by atoms with Crippen LogP contribution in [0.3, 0.4) is 0 Å². The molecule has 5 N–H and O–H groups in total. The molecular formula is C34H65NO5. The van der Waals surface area contributed by atoms with Gasteiger partial charge in [0.15, 0.2) is 0 Å². The summed E-state index contributed by atoms with van der Waals surface area (Å²) in [6.07, 6.45) is 29.2. The highest BCUT2D eigenvalue weighted by Gasteiger charge is 2.28. The van der Waals surface area contributed by atoms with Gasteiger partial charge < -0.3 is 25.7 Å². The molecule has 0 spiro atoms. The summed E-state index contributed by atoms with van der Waals surface area (Å²) in [5.41, 5.74) is 0. The third-order valence-corrected chi connectivity index (χ3v) is 7.62. The van der Waals surface area contributed by atoms with Crippen LogP contribution in [-0.2, 0) is 4.79 Å². The van der Waals surface area contributed by atoms with Crippen molar-refractivity contribution in [2.24, 2.45) is 0 Å². The molecule has 0 aromatic carbocycles. The molecule has 0 radical (unpaired) electrons. The topological polar surface area (TPSA) is 110 Å². The van der Waals surface area contributed by atoms with Crippen molar-refractivity contribution in [3.63, 3.8) is 0 Å². The maximum Gasteiger partial charge on any atom is 0.249 e. The van der Waals surface area contributed by atoms with Gasteiger partial charge in [0.05, 0.1) is 18.8 Å². The van der Waals surface area contributed by atoms with Crippen molar-refractivity contribution in [2.75, 3.05) is 6.61 Å². The first-order valence-corrected chi connectivity index (χ1v) is 16.7. The van der Waals surface area contributed by atoms with E-state index in [1.165, 1.54) is 77.0 Å². The molecule has 4 atom stereocenters. The number of nitrogens with one attached hydrogen (secondary N) is 1. The fourth-order valence-corrected chi connectivity index (χ4v) is 4.90. The van der Waals surface area contributed by atoms with E-state index in [2.05, 4.69) is 43.5 Å². The lowest BCUT2D eigenvalue weighted by atomic mass is 10.00. The highest BCUT2D eigenvalue weighted by Crippen LogP contribution is 2.14. The second kappa shape index (κ2) is 29.3. The SMILES string of the molecule is CCC/C=C/CC/C=C/CCCC(O)C(O)C(CO)NC(=O)C(O)CCCCCCCCCCCCCCCC. The lowest BCUT2D eigenvalue weighted by Gasteiger charge is -2.27. The maximum atomic E-state index is 12.4. The average Bonchev–Trinajstić information content (AvgIpc) is 2.96. The molecule has 0 saturated carbocycles. The van der Waals surface area contributed by atoms with Gasteiger partial charge >= 0.3 is 0 Å². The molecule has 40 heavy (non-hydrogen) atoms. The summed E-state index contributed by atoms with van der Waals surface area (Å²) in [7, 11) is 0. The van der Waals surface area contributed by atoms with Gasteiger partial charge in [0, 0.05) is 0 Å². The van der Waals surface area contributed by atoms with Crippen LogP contribution in [0.2, 0.25) is 0 Å². The van der Waals surface area contributed by atoms with Crippen molar-refractivity contribution < 1.29 is 25.2 Å². The molecule has 0 rings (SSSR count). The van der Waals surface area contributed by atoms with Crippen LogP contribution in [0.4, 0.5) is 0 Å². The van der Waals surface area contributed by atoms with Crippen LogP contribution in [0.15, 0.2) is 24.3 Å². The van der Waals surface area contributed by atoms with Crippen molar-refractivity contribution in [1.82, 2.24) is 5.32 Å². The molecule has 0 bridgehead atoms. The van der Waals surface area contributed by atoms with Crippen LogP contribution in [0, 0.1) is 0 Å². The van der Waals surface area contributed by atoms with E-state index in [1.807, 2.05) is 0 Å². The Morgan fingerprint density at radius 2 is 1.07 bits per heavy atom. The number of carbonyl (C=O) groups excluding carboxylic acids is 1. The van der Waals surface area contributed by atoms with Gasteiger partial charge in [0.2, 0.25) is 5.91 Å². The first kappa shape index (κ1) is 38.8. The number of hydrogen-bond donors (Lipinski definition) is 5. The molecule has 6 nitrogen and oxygen atoms in total. The number of hydrogen-bond acceptors (Lipinski definition) is 5. The van der Waals surface area contributed by atoms with Crippen molar-refractivity contribution >= 4 is 5.91 Å². The van der Waals surface area contributed by atoms with Crippen molar-refractivity contribution in [1.29, 1.82) is 0 Å². The van der Waals surface area contributed by atoms with Crippen LogP contribution in [-0.4, -0.2) is 57.3 Å². The summed E-state index contributed by atoms with van der Waals surface area (Å²) in [5, 5.41) is 43.1. The lowest BCUT2D eigenvalue weighted by Crippen LogP contribution is -2.53. The van der Waals surface area contributed by atoms with E-state index < -0.39 is 36.9 Å². The van der Waals surface area contributed by atoms with E-state index in [0.717, 1.165) is 44.9 Å². The number of aliphatic hydroxyl groups is 4. The molecular weight excluding hydrogens is 502 g/mol. The van der Waals surface area contributed by atoms with Crippen LogP contribution in [0.1, 0.15) is 155 Å². The Balaban J connectivity index is 3.90. The monoisotopic (exact) mass is 567 g/mol. The van der Waals surface area contributed by atoms with Gasteiger partial charge in [-0.2, -0.15) is 0 Å². The van der Waals surface area contributed by atoms with Gasteiger partial charge in [0.1, 0.15) is 12.2 Å². The normalized spacial score (nSPS) is 15.1. The minimum absolute atomic E-state index is 0.362. The molecule has 0 aliphatic rings. The number of carbonyl (C=O) groups is 1. The third-order valence-electron chi connectivity index (χ3n) is 7.62. The fraction of sp³-hybridized carbons (Fsp3) is 0.853. The standard InChI is InChI=1S/C34H65NO5/c1-3-5-7-9-11-13-15-16-17-18-20-22-24-26-28-32(38)34(40)35-30(29-36)33(39)31(37)27-25-23-21-19-14-12-10-8-6-4-2/h8,10,19,21,30-33,36-39H,3-7,9,11-18,20,22-29H2,1-2H3,(H,35,40)/b10-8+,21-19+. The molecule has 0 aromatic rings. The van der Waals surface area contributed by atoms with Gasteiger partial charge in [-0.3, -0.25) is 4.79 Å². The summed E-state index contributed by atoms with van der Waals surface area (Å²) in [5.74, 6) is -0.601. The van der Waals surface area contributed by atoms with Crippen molar-refractivity contribution in [2.45, 2.75) is 179 Å². The number of aliphatic hydroxyl groups excluding tert-OH is 4. The molecule has 0 aliphatic heterocycles. The Kier molecular flexibility index (Phi) is 28.4. The first-order valence-electron chi connectivity index (χ1n) is 16.7. The molecule has 0 saturated heterocycles. The maximum absolute atomic E-state index is 12.4. The summed E-state index contributed by atoms with van der Waals surface area (Å²) >= 11 is 0. The Labute approximate surface area is 246 Å². The molecule has 236 valence electrons. The van der Waals surface area contributed by atoms with E-state index in [0.29, 0.717) is 19.3 Å². The first-order chi connectivity index (χ1) is 19.5. The van der Waals surface area contributed by atoms with Gasteiger partial charge in [-0.15, -0.1) is 0 Å². The Morgan fingerprint density at radius 3 is 1.57 bits per heavy atom. The average molecular weight is 568 g/mol. The number of amides is 1. The summed E-state index contributed by atoms with van der Waals surface area (Å²) < 4.78 is 0. The Hall–Kier alpha value is -1.21. The van der Waals surface area contributed by atoms with E-state index in [-0.39, 0.29) is 0 Å². The van der Waals surface area contributed by atoms with Gasteiger partial charge in [0.25, 0.3) is 0 Å². The second-order valence-electron chi connectivity index (χ2n) is 11.5. The Morgan fingerprint density at radius 1 is 0.600 bits per heavy atom. The molecule has 6 heteroatoms. The van der Waals surface area contributed by atoms with Crippen LogP contribution >= 0.6 is 0 Å². The summed E-state index contributed by atoms with van der Waals surface area (Å²) in [6, 6.07) is -1.00. The van der Waals surface area contributed by atoms with Gasteiger partial charge in [-0.05, 0) is 44.9 Å². The molecule has 0 aliphatic carbocycles. The van der Waals surface area contributed by atoms with Crippen LogP contribution < -0.4 is 5.32 Å². The van der Waals surface area contributed by atoms with E-state index >= 15 is 0 Å². The molecule has 0 heterocycles. The summed E-state index contributed by atoms with van der Waals surface area (Å²) in [6.45, 7) is 3.92. The van der Waals surface area contributed by atoms with Crippen molar-refractivity contribution in [3.05, 3.63) is 24.3 Å². The van der Waals surface area contributed by atoms with Gasteiger partial charge in [-0.25, -0.2) is 0 Å². The zero-order valence-electron chi connectivity index (χ0n) is 26.1.